The molecule has 0 spiro atoms. The average molecular weight is 168 g/mol. The molecule has 0 aliphatic carbocycles. The minimum atomic E-state index is 0.275. The van der Waals surface area contributed by atoms with Crippen LogP contribution in [-0.4, -0.2) is 17.0 Å². The van der Waals surface area contributed by atoms with Crippen LogP contribution in [0.1, 0.15) is 12.0 Å². The molecule has 2 N–H and O–H groups in total. The summed E-state index contributed by atoms with van der Waals surface area (Å²) in [6.45, 7) is 0.329. The second-order valence-electron chi connectivity index (χ2n) is 2.61. The molecule has 0 fully saturated rings. The Balaban J connectivity index is 2.41. The monoisotopic (exact) mass is 168 g/mol. The summed E-state index contributed by atoms with van der Waals surface area (Å²) in [6, 6.07) is 7.06. The summed E-state index contributed by atoms with van der Waals surface area (Å²) >= 11 is 0. The van der Waals surface area contributed by atoms with E-state index in [2.05, 4.69) is 4.89 Å². The van der Waals surface area contributed by atoms with E-state index in [4.69, 9.17) is 10.4 Å². The zero-order chi connectivity index (χ0) is 8.81. The summed E-state index contributed by atoms with van der Waals surface area (Å²) in [7, 11) is 0. The van der Waals surface area contributed by atoms with E-state index in [9.17, 15) is 0 Å². The molecule has 0 aliphatic rings. The highest BCUT2D eigenvalue weighted by atomic mass is 17.1. The summed E-state index contributed by atoms with van der Waals surface area (Å²) in [5.41, 5.74) is 1.05. The third kappa shape index (κ3) is 2.90. The quantitative estimate of drug-likeness (QED) is 0.409. The van der Waals surface area contributed by atoms with Gasteiger partial charge in [0.2, 0.25) is 0 Å². The van der Waals surface area contributed by atoms with Crippen molar-refractivity contribution in [1.82, 2.24) is 0 Å². The maximum absolute atomic E-state index is 9.09. The number of aryl methyl sites for hydroxylation is 1. The van der Waals surface area contributed by atoms with Crippen molar-refractivity contribution < 1.29 is 15.3 Å². The van der Waals surface area contributed by atoms with E-state index in [1.54, 1.807) is 18.2 Å². The lowest BCUT2D eigenvalue weighted by Crippen LogP contribution is -1.92. The summed E-state index contributed by atoms with van der Waals surface area (Å²) in [5.74, 6) is 0.275. The summed E-state index contributed by atoms with van der Waals surface area (Å²) in [6.07, 6.45) is 1.55. The molecule has 0 aromatic heterocycles. The van der Waals surface area contributed by atoms with E-state index in [0.29, 0.717) is 6.61 Å². The van der Waals surface area contributed by atoms with Gasteiger partial charge in [0.05, 0.1) is 6.61 Å². The number of rotatable bonds is 4. The second kappa shape index (κ2) is 4.74. The predicted octanol–water partition coefficient (Wildman–Crippen LogP) is 1.81. The van der Waals surface area contributed by atoms with Gasteiger partial charge < -0.3 is 5.11 Å². The van der Waals surface area contributed by atoms with Crippen molar-refractivity contribution >= 4 is 0 Å². The van der Waals surface area contributed by atoms with E-state index in [-0.39, 0.29) is 5.75 Å². The second-order valence-corrected chi connectivity index (χ2v) is 2.61. The number of benzene rings is 1. The van der Waals surface area contributed by atoms with Crippen LogP contribution < -0.4 is 0 Å². The van der Waals surface area contributed by atoms with Crippen LogP contribution in [0.15, 0.2) is 24.3 Å². The predicted molar refractivity (Wildman–Crippen MR) is 45.0 cm³/mol. The van der Waals surface area contributed by atoms with Crippen molar-refractivity contribution in [2.24, 2.45) is 0 Å². The van der Waals surface area contributed by atoms with E-state index < -0.39 is 0 Å². The molecule has 0 radical (unpaired) electrons. The van der Waals surface area contributed by atoms with Gasteiger partial charge >= 0.3 is 0 Å². The highest BCUT2D eigenvalue weighted by Gasteiger charge is 1.94. The van der Waals surface area contributed by atoms with Crippen LogP contribution in [0.2, 0.25) is 0 Å². The minimum Gasteiger partial charge on any atom is -0.508 e. The molecule has 3 nitrogen and oxygen atoms in total. The van der Waals surface area contributed by atoms with Crippen LogP contribution in [0.25, 0.3) is 0 Å². The lowest BCUT2D eigenvalue weighted by atomic mass is 10.1. The van der Waals surface area contributed by atoms with Crippen molar-refractivity contribution in [3.8, 4) is 5.75 Å². The molecule has 1 aromatic rings. The first-order valence-corrected chi connectivity index (χ1v) is 3.87. The molecule has 0 saturated carbocycles. The number of hydrogen-bond donors (Lipinski definition) is 2. The van der Waals surface area contributed by atoms with Gasteiger partial charge in [-0.1, -0.05) is 12.1 Å². The van der Waals surface area contributed by atoms with Gasteiger partial charge in [0, 0.05) is 0 Å². The molecular weight excluding hydrogens is 156 g/mol. The first-order chi connectivity index (χ1) is 5.83. The summed E-state index contributed by atoms with van der Waals surface area (Å²) < 4.78 is 0. The van der Waals surface area contributed by atoms with Crippen LogP contribution in [-0.2, 0) is 11.3 Å². The van der Waals surface area contributed by atoms with Crippen LogP contribution >= 0.6 is 0 Å². The smallest absolute Gasteiger partial charge is 0.115 e. The minimum absolute atomic E-state index is 0.275. The molecule has 0 bridgehead atoms. The van der Waals surface area contributed by atoms with Crippen LogP contribution in [0.3, 0.4) is 0 Å². The Bertz CT molecular complexity index is 235. The molecule has 0 unspecified atom stereocenters. The van der Waals surface area contributed by atoms with E-state index in [1.165, 1.54) is 0 Å². The van der Waals surface area contributed by atoms with Gasteiger partial charge in [-0.2, -0.15) is 0 Å². The fraction of sp³-hybridized carbons (Fsp3) is 0.333. The van der Waals surface area contributed by atoms with E-state index in [0.717, 1.165) is 18.4 Å². The first-order valence-electron chi connectivity index (χ1n) is 3.87. The van der Waals surface area contributed by atoms with Crippen molar-refractivity contribution in [3.63, 3.8) is 0 Å². The maximum Gasteiger partial charge on any atom is 0.115 e. The maximum atomic E-state index is 9.09. The van der Waals surface area contributed by atoms with Gasteiger partial charge in [-0.05, 0) is 30.5 Å². The topological polar surface area (TPSA) is 49.7 Å². The van der Waals surface area contributed by atoms with Gasteiger partial charge in [0.25, 0.3) is 0 Å². The molecule has 12 heavy (non-hydrogen) atoms. The van der Waals surface area contributed by atoms with Crippen molar-refractivity contribution in [1.29, 1.82) is 0 Å². The molecule has 1 rings (SSSR count). The molecule has 0 aliphatic heterocycles. The number of phenols is 1. The Kier molecular flexibility index (Phi) is 3.57. The Morgan fingerprint density at radius 3 is 2.83 bits per heavy atom. The molecule has 66 valence electrons. The van der Waals surface area contributed by atoms with E-state index in [1.807, 2.05) is 6.07 Å². The summed E-state index contributed by atoms with van der Waals surface area (Å²) in [5, 5.41) is 17.1. The van der Waals surface area contributed by atoms with Crippen LogP contribution in [0.4, 0.5) is 0 Å². The SMILES string of the molecule is OOCCCc1cccc(O)c1. The first kappa shape index (κ1) is 9.03. The largest absolute Gasteiger partial charge is 0.508 e. The average Bonchev–Trinajstić information content (AvgIpc) is 2.05. The number of hydrogen-bond acceptors (Lipinski definition) is 3. The van der Waals surface area contributed by atoms with Gasteiger partial charge in [-0.3, -0.25) is 5.26 Å². The van der Waals surface area contributed by atoms with Crippen LogP contribution in [0.5, 0.6) is 5.75 Å². The Morgan fingerprint density at radius 1 is 1.33 bits per heavy atom. The highest BCUT2D eigenvalue weighted by molar-refractivity contribution is 5.27. The third-order valence-electron chi connectivity index (χ3n) is 1.61. The fourth-order valence-electron chi connectivity index (χ4n) is 1.05. The lowest BCUT2D eigenvalue weighted by molar-refractivity contribution is -0.242. The Hall–Kier alpha value is -1.06. The van der Waals surface area contributed by atoms with Crippen molar-refractivity contribution in [3.05, 3.63) is 29.8 Å². The van der Waals surface area contributed by atoms with Gasteiger partial charge in [-0.15, -0.1) is 0 Å². The van der Waals surface area contributed by atoms with Gasteiger partial charge in [0.15, 0.2) is 0 Å². The Labute approximate surface area is 71.2 Å². The standard InChI is InChI=1S/C9H12O3/c10-9-5-1-3-8(7-9)4-2-6-12-11/h1,3,5,7,10-11H,2,4,6H2. The van der Waals surface area contributed by atoms with Gasteiger partial charge in [0.1, 0.15) is 5.75 Å². The zero-order valence-electron chi connectivity index (χ0n) is 6.73. The van der Waals surface area contributed by atoms with Crippen LogP contribution in [0, 0.1) is 0 Å². The van der Waals surface area contributed by atoms with E-state index >= 15 is 0 Å². The molecule has 3 heteroatoms. The van der Waals surface area contributed by atoms with Gasteiger partial charge in [-0.25, -0.2) is 4.89 Å². The highest BCUT2D eigenvalue weighted by Crippen LogP contribution is 2.12. The molecule has 0 heterocycles. The molecule has 1 aromatic carbocycles. The lowest BCUT2D eigenvalue weighted by Gasteiger charge is -1.99. The zero-order valence-corrected chi connectivity index (χ0v) is 6.73. The summed E-state index contributed by atoms with van der Waals surface area (Å²) in [4.78, 5) is 3.93. The molecular formula is C9H12O3. The molecule has 0 saturated heterocycles. The van der Waals surface area contributed by atoms with Crippen molar-refractivity contribution in [2.75, 3.05) is 6.61 Å². The number of phenolic OH excluding ortho intramolecular Hbond substituents is 1. The third-order valence-corrected chi connectivity index (χ3v) is 1.61. The van der Waals surface area contributed by atoms with Crippen molar-refractivity contribution in [2.45, 2.75) is 12.8 Å². The molecule has 0 amide bonds. The Morgan fingerprint density at radius 2 is 2.17 bits per heavy atom. The number of aromatic hydroxyl groups is 1. The fourth-order valence-corrected chi connectivity index (χ4v) is 1.05. The normalized spacial score (nSPS) is 10.1. The molecule has 0 atom stereocenters.